The highest BCUT2D eigenvalue weighted by Crippen LogP contribution is 2.48. The summed E-state index contributed by atoms with van der Waals surface area (Å²) in [6.45, 7) is 0. The number of rotatable bonds is 9. The predicted molar refractivity (Wildman–Crippen MR) is 148 cm³/mol. The molecule has 2 aliphatic rings. The summed E-state index contributed by atoms with van der Waals surface area (Å²) >= 11 is 7.47. The smallest absolute Gasteiger partial charge is 0.349 e. The molecule has 2 aromatic heterocycles. The zero-order valence-electron chi connectivity index (χ0n) is 22.1. The Morgan fingerprint density at radius 2 is 1.97 bits per heavy atom. The van der Waals surface area contributed by atoms with Gasteiger partial charge < -0.3 is 23.9 Å². The van der Waals surface area contributed by atoms with Crippen molar-refractivity contribution in [3.05, 3.63) is 57.9 Å². The standard InChI is InChI=1S/C28H31ClN4O5S/c1-33-25(18-7-6-12-30-16-18)31-32-27(33)39-24-21(34)15-28(38-26(24)35,19-8-4-5-9-19)11-10-17-13-20(29)23(37-3)14-22(17)36-2/h6-7,12-14,16,19,34H,4-5,8-11,15H2,1-3H3. The van der Waals surface area contributed by atoms with E-state index in [0.29, 0.717) is 40.3 Å². The lowest BCUT2D eigenvalue weighted by Crippen LogP contribution is -2.45. The maximum atomic E-state index is 13.5. The summed E-state index contributed by atoms with van der Waals surface area (Å²) in [6, 6.07) is 7.30. The number of esters is 1. The van der Waals surface area contributed by atoms with Crippen molar-refractivity contribution >= 4 is 29.3 Å². The van der Waals surface area contributed by atoms with Crippen LogP contribution in [-0.2, 0) is 23.0 Å². The van der Waals surface area contributed by atoms with Gasteiger partial charge in [-0.3, -0.25) is 4.98 Å². The van der Waals surface area contributed by atoms with Gasteiger partial charge >= 0.3 is 5.97 Å². The number of aliphatic hydroxyl groups excluding tert-OH is 1. The molecule has 0 bridgehead atoms. The summed E-state index contributed by atoms with van der Waals surface area (Å²) in [5, 5.41) is 20.7. The highest BCUT2D eigenvalue weighted by Gasteiger charge is 2.48. The summed E-state index contributed by atoms with van der Waals surface area (Å²) < 4.78 is 19.0. The van der Waals surface area contributed by atoms with E-state index in [9.17, 15) is 9.90 Å². The molecular weight excluding hydrogens is 540 g/mol. The average Bonchev–Trinajstić information content (AvgIpc) is 3.61. The molecule has 1 N–H and O–H groups in total. The molecule has 9 nitrogen and oxygen atoms in total. The van der Waals surface area contributed by atoms with Crippen molar-refractivity contribution in [2.24, 2.45) is 13.0 Å². The molecule has 0 radical (unpaired) electrons. The van der Waals surface area contributed by atoms with Crippen molar-refractivity contribution in [3.8, 4) is 22.9 Å². The fourth-order valence-corrected chi connectivity index (χ4v) is 6.64. The molecule has 0 amide bonds. The number of cyclic esters (lactones) is 1. The van der Waals surface area contributed by atoms with E-state index in [0.717, 1.165) is 48.6 Å². The second kappa shape index (κ2) is 11.5. The molecule has 1 aliphatic heterocycles. The minimum atomic E-state index is -0.820. The van der Waals surface area contributed by atoms with E-state index in [1.807, 2.05) is 25.2 Å². The number of methoxy groups -OCH3 is 2. The van der Waals surface area contributed by atoms with Crippen LogP contribution in [0.25, 0.3) is 11.4 Å². The largest absolute Gasteiger partial charge is 0.511 e. The van der Waals surface area contributed by atoms with Gasteiger partial charge in [0.25, 0.3) is 0 Å². The number of benzene rings is 1. The first-order valence-corrected chi connectivity index (χ1v) is 14.1. The van der Waals surface area contributed by atoms with Crippen molar-refractivity contribution in [2.45, 2.75) is 55.7 Å². The Labute approximate surface area is 236 Å². The molecule has 1 saturated carbocycles. The quantitative estimate of drug-likeness (QED) is 0.314. The summed E-state index contributed by atoms with van der Waals surface area (Å²) in [4.78, 5) is 17.7. The van der Waals surface area contributed by atoms with Gasteiger partial charge in [0, 0.05) is 37.5 Å². The summed E-state index contributed by atoms with van der Waals surface area (Å²) in [7, 11) is 4.97. The number of halogens is 1. The second-order valence-corrected chi connectivity index (χ2v) is 11.3. The maximum Gasteiger partial charge on any atom is 0.349 e. The van der Waals surface area contributed by atoms with Gasteiger partial charge in [-0.15, -0.1) is 10.2 Å². The van der Waals surface area contributed by atoms with E-state index in [4.69, 9.17) is 25.8 Å². The van der Waals surface area contributed by atoms with Crippen molar-refractivity contribution in [3.63, 3.8) is 0 Å². The summed E-state index contributed by atoms with van der Waals surface area (Å²) in [6.07, 6.45) is 8.75. The molecule has 1 unspecified atom stereocenters. The Kier molecular flexibility index (Phi) is 8.04. The number of nitrogens with zero attached hydrogens (tertiary/aromatic N) is 4. The van der Waals surface area contributed by atoms with Crippen LogP contribution in [-0.4, -0.2) is 50.6 Å². The molecule has 11 heteroatoms. The van der Waals surface area contributed by atoms with Crippen LogP contribution in [0.1, 0.15) is 44.1 Å². The number of hydrogen-bond donors (Lipinski definition) is 1. The second-order valence-electron chi connectivity index (χ2n) is 9.90. The highest BCUT2D eigenvalue weighted by molar-refractivity contribution is 8.03. The molecule has 1 fully saturated rings. The average molecular weight is 571 g/mol. The first-order chi connectivity index (χ1) is 18.8. The van der Waals surface area contributed by atoms with Gasteiger partial charge in [-0.1, -0.05) is 24.4 Å². The van der Waals surface area contributed by atoms with Gasteiger partial charge in [0.2, 0.25) is 0 Å². The third kappa shape index (κ3) is 5.45. The molecule has 1 aliphatic carbocycles. The Morgan fingerprint density at radius 1 is 1.21 bits per heavy atom. The molecule has 3 aromatic rings. The fourth-order valence-electron chi connectivity index (χ4n) is 5.58. The molecule has 0 saturated heterocycles. The van der Waals surface area contributed by atoms with Gasteiger partial charge in [-0.25, -0.2) is 4.79 Å². The Morgan fingerprint density at radius 3 is 2.64 bits per heavy atom. The first kappa shape index (κ1) is 27.3. The lowest BCUT2D eigenvalue weighted by molar-refractivity contribution is -0.166. The number of aryl methyl sites for hydroxylation is 1. The summed E-state index contributed by atoms with van der Waals surface area (Å²) in [5.74, 6) is 1.44. The Bertz CT molecular complexity index is 1390. The number of carbonyl (C=O) groups is 1. The van der Waals surface area contributed by atoms with Crippen LogP contribution in [0.3, 0.4) is 0 Å². The van der Waals surface area contributed by atoms with Crippen molar-refractivity contribution in [1.82, 2.24) is 19.7 Å². The third-order valence-electron chi connectivity index (χ3n) is 7.63. The van der Waals surface area contributed by atoms with E-state index in [1.54, 1.807) is 37.2 Å². The van der Waals surface area contributed by atoms with Gasteiger partial charge in [0.05, 0.1) is 19.2 Å². The number of ether oxygens (including phenoxy) is 3. The normalized spacial score (nSPS) is 19.8. The van der Waals surface area contributed by atoms with Crippen LogP contribution in [0.15, 0.2) is 52.5 Å². The minimum Gasteiger partial charge on any atom is -0.511 e. The van der Waals surface area contributed by atoms with E-state index in [-0.39, 0.29) is 23.0 Å². The van der Waals surface area contributed by atoms with Gasteiger partial charge in [-0.05, 0) is 67.1 Å². The van der Waals surface area contributed by atoms with Crippen molar-refractivity contribution in [2.75, 3.05) is 14.2 Å². The number of carbonyl (C=O) groups excluding carboxylic acids is 1. The number of pyridine rings is 1. The summed E-state index contributed by atoms with van der Waals surface area (Å²) in [5.41, 5.74) is 0.875. The van der Waals surface area contributed by atoms with Crippen molar-refractivity contribution < 1.29 is 24.1 Å². The predicted octanol–water partition coefficient (Wildman–Crippen LogP) is 5.92. The topological polar surface area (TPSA) is 109 Å². The molecule has 39 heavy (non-hydrogen) atoms. The first-order valence-electron chi connectivity index (χ1n) is 12.9. The van der Waals surface area contributed by atoms with Crippen LogP contribution in [0.2, 0.25) is 5.02 Å². The SMILES string of the molecule is COc1cc(OC)c(CCC2(C3CCCC3)CC(O)=C(Sc3nnc(-c4cccnc4)n3C)C(=O)O2)cc1Cl. The molecule has 1 aromatic carbocycles. The minimum absolute atomic E-state index is 0.0220. The molecule has 206 valence electrons. The maximum absolute atomic E-state index is 13.5. The molecule has 5 rings (SSSR count). The van der Waals surface area contributed by atoms with E-state index in [2.05, 4.69) is 15.2 Å². The van der Waals surface area contributed by atoms with Gasteiger partial charge in [0.1, 0.15) is 27.8 Å². The van der Waals surface area contributed by atoms with Crippen LogP contribution in [0.5, 0.6) is 11.5 Å². The fraction of sp³-hybridized carbons (Fsp3) is 0.429. The Balaban J connectivity index is 1.41. The number of aliphatic hydroxyl groups is 1. The lowest BCUT2D eigenvalue weighted by atomic mass is 9.77. The Hall–Kier alpha value is -3.24. The molecular formula is C28H31ClN4O5S. The van der Waals surface area contributed by atoms with E-state index in [1.165, 1.54) is 0 Å². The lowest BCUT2D eigenvalue weighted by Gasteiger charge is -2.41. The van der Waals surface area contributed by atoms with E-state index >= 15 is 0 Å². The third-order valence-corrected chi connectivity index (χ3v) is 9.07. The highest BCUT2D eigenvalue weighted by atomic mass is 35.5. The molecule has 0 spiro atoms. The monoisotopic (exact) mass is 570 g/mol. The van der Waals surface area contributed by atoms with Crippen molar-refractivity contribution in [1.29, 1.82) is 0 Å². The number of thioether (sulfide) groups is 1. The molecule has 3 heterocycles. The van der Waals surface area contributed by atoms with Crippen LogP contribution >= 0.6 is 23.4 Å². The van der Waals surface area contributed by atoms with Gasteiger partial charge in [-0.2, -0.15) is 0 Å². The van der Waals surface area contributed by atoms with Crippen LogP contribution < -0.4 is 9.47 Å². The zero-order valence-corrected chi connectivity index (χ0v) is 23.7. The van der Waals surface area contributed by atoms with Gasteiger partial charge in [0.15, 0.2) is 11.0 Å². The number of hydrogen-bond acceptors (Lipinski definition) is 9. The number of aromatic nitrogens is 4. The zero-order chi connectivity index (χ0) is 27.6. The van der Waals surface area contributed by atoms with E-state index < -0.39 is 11.6 Å². The van der Waals surface area contributed by atoms with Crippen LogP contribution in [0, 0.1) is 5.92 Å². The molecule has 1 atom stereocenters. The van der Waals surface area contributed by atoms with Crippen LogP contribution in [0.4, 0.5) is 0 Å².